The van der Waals surface area contributed by atoms with Gasteiger partial charge >= 0.3 is 0 Å². The van der Waals surface area contributed by atoms with Gasteiger partial charge in [0, 0.05) is 24.2 Å². The first-order valence-electron chi connectivity index (χ1n) is 7.89. The zero-order valence-electron chi connectivity index (χ0n) is 12.3. The summed E-state index contributed by atoms with van der Waals surface area (Å²) in [4.78, 5) is 11.6. The Hall–Kier alpha value is -1.69. The summed E-state index contributed by atoms with van der Waals surface area (Å²) in [5, 5.41) is 4.17. The second-order valence-corrected chi connectivity index (χ2v) is 5.92. The number of nitrogens with zero attached hydrogens (tertiary/aromatic N) is 3. The number of nitrogens with one attached hydrogen (secondary N) is 1. The smallest absolute Gasteiger partial charge is 0.243 e. The summed E-state index contributed by atoms with van der Waals surface area (Å²) in [5.74, 6) is 1.80. The van der Waals surface area contributed by atoms with E-state index in [2.05, 4.69) is 20.1 Å². The van der Waals surface area contributed by atoms with Crippen LogP contribution in [0.1, 0.15) is 74.3 Å². The van der Waals surface area contributed by atoms with Gasteiger partial charge in [-0.1, -0.05) is 37.3 Å². The van der Waals surface area contributed by atoms with E-state index in [1.54, 1.807) is 12.5 Å². The molecule has 1 aliphatic carbocycles. The molecule has 1 saturated carbocycles. The molecule has 0 aliphatic heterocycles. The van der Waals surface area contributed by atoms with E-state index in [0.29, 0.717) is 18.2 Å². The van der Waals surface area contributed by atoms with E-state index in [-0.39, 0.29) is 6.04 Å². The van der Waals surface area contributed by atoms with Crippen LogP contribution in [0, 0.1) is 0 Å². The van der Waals surface area contributed by atoms with Crippen molar-refractivity contribution >= 4 is 0 Å². The highest BCUT2D eigenvalue weighted by atomic mass is 16.5. The average Bonchev–Trinajstić information content (AvgIpc) is 3.09. The largest absolute Gasteiger partial charge is 0.348 e. The molecular formula is C15H23N5O. The topological polar surface area (TPSA) is 93.6 Å². The predicted molar refractivity (Wildman–Crippen MR) is 78.6 cm³/mol. The molecule has 2 heterocycles. The monoisotopic (exact) mass is 289 g/mol. The van der Waals surface area contributed by atoms with E-state index < -0.39 is 0 Å². The predicted octanol–water partition coefficient (Wildman–Crippen LogP) is 2.86. The zero-order valence-corrected chi connectivity index (χ0v) is 12.3. The standard InChI is InChI=1S/C15H23N5O/c16-13(8-12-9-17-10-18-12)15-19-14(20-21-15)11-6-4-2-1-3-5-7-11/h9-11,13H,1-8,16H2,(H,17,18)/t13-/m1/s1. The fourth-order valence-electron chi connectivity index (χ4n) is 3.00. The van der Waals surface area contributed by atoms with Gasteiger partial charge in [-0.25, -0.2) is 4.98 Å². The first-order valence-corrected chi connectivity index (χ1v) is 7.89. The first-order chi connectivity index (χ1) is 10.3. The Kier molecular flexibility index (Phi) is 4.65. The van der Waals surface area contributed by atoms with Gasteiger partial charge in [-0.05, 0) is 12.8 Å². The Morgan fingerprint density at radius 3 is 2.71 bits per heavy atom. The molecule has 3 rings (SSSR count). The van der Waals surface area contributed by atoms with Crippen LogP contribution >= 0.6 is 0 Å². The number of nitrogens with two attached hydrogens (primary N) is 1. The Morgan fingerprint density at radius 2 is 2.00 bits per heavy atom. The van der Waals surface area contributed by atoms with E-state index >= 15 is 0 Å². The van der Waals surface area contributed by atoms with E-state index in [1.165, 1.54) is 32.1 Å². The molecular weight excluding hydrogens is 266 g/mol. The Labute approximate surface area is 124 Å². The highest BCUT2D eigenvalue weighted by Crippen LogP contribution is 2.29. The Morgan fingerprint density at radius 1 is 1.24 bits per heavy atom. The van der Waals surface area contributed by atoms with E-state index in [0.717, 1.165) is 24.4 Å². The quantitative estimate of drug-likeness (QED) is 0.902. The number of aromatic nitrogens is 4. The number of imidazole rings is 1. The van der Waals surface area contributed by atoms with Crippen molar-refractivity contribution in [2.75, 3.05) is 0 Å². The maximum Gasteiger partial charge on any atom is 0.243 e. The molecule has 0 unspecified atom stereocenters. The van der Waals surface area contributed by atoms with Crippen LogP contribution in [-0.2, 0) is 6.42 Å². The van der Waals surface area contributed by atoms with Crippen LogP contribution in [0.15, 0.2) is 17.0 Å². The molecule has 2 aromatic rings. The molecule has 0 amide bonds. The second-order valence-electron chi connectivity index (χ2n) is 5.92. The van der Waals surface area contributed by atoms with Crippen LogP contribution in [0.4, 0.5) is 0 Å². The van der Waals surface area contributed by atoms with E-state index in [1.807, 2.05) is 0 Å². The number of H-pyrrole nitrogens is 1. The lowest BCUT2D eigenvalue weighted by Gasteiger charge is -2.15. The normalized spacial score (nSPS) is 19.1. The lowest BCUT2D eigenvalue weighted by Crippen LogP contribution is -2.14. The minimum Gasteiger partial charge on any atom is -0.348 e. The van der Waals surface area contributed by atoms with Crippen molar-refractivity contribution in [1.82, 2.24) is 20.1 Å². The van der Waals surface area contributed by atoms with Crippen molar-refractivity contribution in [2.24, 2.45) is 5.73 Å². The van der Waals surface area contributed by atoms with Gasteiger partial charge in [0.25, 0.3) is 0 Å². The van der Waals surface area contributed by atoms with Crippen molar-refractivity contribution < 1.29 is 4.52 Å². The maximum atomic E-state index is 6.14. The summed E-state index contributed by atoms with van der Waals surface area (Å²) in [7, 11) is 0. The van der Waals surface area contributed by atoms with Crippen LogP contribution in [0.25, 0.3) is 0 Å². The van der Waals surface area contributed by atoms with E-state index in [4.69, 9.17) is 10.3 Å². The van der Waals surface area contributed by atoms with Crippen LogP contribution in [0.3, 0.4) is 0 Å². The van der Waals surface area contributed by atoms with Gasteiger partial charge in [0.2, 0.25) is 5.89 Å². The third-order valence-corrected chi connectivity index (χ3v) is 4.24. The molecule has 3 N–H and O–H groups in total. The molecule has 21 heavy (non-hydrogen) atoms. The highest BCUT2D eigenvalue weighted by molar-refractivity contribution is 5.04. The molecule has 114 valence electrons. The molecule has 6 nitrogen and oxygen atoms in total. The van der Waals surface area contributed by atoms with Crippen molar-refractivity contribution in [3.63, 3.8) is 0 Å². The van der Waals surface area contributed by atoms with Crippen molar-refractivity contribution in [1.29, 1.82) is 0 Å². The summed E-state index contributed by atoms with van der Waals surface area (Å²) >= 11 is 0. The molecule has 2 aromatic heterocycles. The molecule has 0 radical (unpaired) electrons. The SMILES string of the molecule is N[C@H](Cc1cnc[nH]1)c1nc(C2CCCCCCC2)no1. The Bertz CT molecular complexity index is 528. The highest BCUT2D eigenvalue weighted by Gasteiger charge is 2.22. The summed E-state index contributed by atoms with van der Waals surface area (Å²) in [6.07, 6.45) is 12.9. The lowest BCUT2D eigenvalue weighted by atomic mass is 9.91. The van der Waals surface area contributed by atoms with Crippen LogP contribution < -0.4 is 5.73 Å². The van der Waals surface area contributed by atoms with Gasteiger partial charge in [-0.15, -0.1) is 0 Å². The van der Waals surface area contributed by atoms with Crippen LogP contribution in [0.2, 0.25) is 0 Å². The number of hydrogen-bond acceptors (Lipinski definition) is 5. The van der Waals surface area contributed by atoms with Crippen molar-refractivity contribution in [3.8, 4) is 0 Å². The summed E-state index contributed by atoms with van der Waals surface area (Å²) < 4.78 is 5.38. The molecule has 1 aliphatic rings. The van der Waals surface area contributed by atoms with Crippen molar-refractivity contribution in [2.45, 2.75) is 63.3 Å². The molecule has 0 spiro atoms. The first kappa shape index (κ1) is 14.3. The fraction of sp³-hybridized carbons (Fsp3) is 0.667. The minimum atomic E-state index is -0.278. The van der Waals surface area contributed by atoms with Gasteiger partial charge in [-0.3, -0.25) is 0 Å². The van der Waals surface area contributed by atoms with Gasteiger partial charge in [0.05, 0.1) is 12.4 Å². The molecule has 1 atom stereocenters. The molecule has 0 bridgehead atoms. The third-order valence-electron chi connectivity index (χ3n) is 4.24. The van der Waals surface area contributed by atoms with Gasteiger partial charge in [0.1, 0.15) is 0 Å². The minimum absolute atomic E-state index is 0.278. The number of aromatic amines is 1. The number of rotatable bonds is 4. The maximum absolute atomic E-state index is 6.14. The summed E-state index contributed by atoms with van der Waals surface area (Å²) in [6.45, 7) is 0. The van der Waals surface area contributed by atoms with Gasteiger partial charge in [0.15, 0.2) is 5.82 Å². The second kappa shape index (κ2) is 6.85. The third kappa shape index (κ3) is 3.69. The van der Waals surface area contributed by atoms with Crippen LogP contribution in [-0.4, -0.2) is 20.1 Å². The Balaban J connectivity index is 1.64. The average molecular weight is 289 g/mol. The summed E-state index contributed by atoms with van der Waals surface area (Å²) in [6, 6.07) is -0.278. The van der Waals surface area contributed by atoms with Gasteiger partial charge < -0.3 is 15.2 Å². The number of hydrogen-bond donors (Lipinski definition) is 2. The van der Waals surface area contributed by atoms with E-state index in [9.17, 15) is 0 Å². The zero-order chi connectivity index (χ0) is 14.5. The van der Waals surface area contributed by atoms with Crippen LogP contribution in [0.5, 0.6) is 0 Å². The van der Waals surface area contributed by atoms with Crippen molar-refractivity contribution in [3.05, 3.63) is 29.9 Å². The molecule has 0 saturated heterocycles. The summed E-state index contributed by atoms with van der Waals surface area (Å²) in [5.41, 5.74) is 7.12. The molecule has 0 aromatic carbocycles. The molecule has 1 fully saturated rings. The lowest BCUT2D eigenvalue weighted by molar-refractivity contribution is 0.342. The fourth-order valence-corrected chi connectivity index (χ4v) is 3.00. The van der Waals surface area contributed by atoms with Gasteiger partial charge in [-0.2, -0.15) is 4.98 Å². The molecule has 6 heteroatoms.